The number of benzene rings is 4. The highest BCUT2D eigenvalue weighted by atomic mass is 14.2. The van der Waals surface area contributed by atoms with E-state index in [1.54, 1.807) is 22.3 Å². The molecule has 0 atom stereocenters. The van der Waals surface area contributed by atoms with E-state index in [0.717, 1.165) is 0 Å². The lowest BCUT2D eigenvalue weighted by Crippen LogP contribution is -2.08. The minimum atomic E-state index is 1.17. The first-order chi connectivity index (χ1) is 18.6. The molecular weight excluding hydrogens is 456 g/mol. The van der Waals surface area contributed by atoms with E-state index in [-0.39, 0.29) is 0 Å². The van der Waals surface area contributed by atoms with Crippen molar-refractivity contribution >= 4 is 0 Å². The van der Waals surface area contributed by atoms with Crippen LogP contribution in [0.3, 0.4) is 0 Å². The zero-order valence-corrected chi connectivity index (χ0v) is 23.4. The molecule has 0 unspecified atom stereocenters. The number of rotatable bonds is 11. The van der Waals surface area contributed by atoms with E-state index in [1.165, 1.54) is 122 Å². The molecule has 0 nitrogen and oxygen atoms in total. The molecule has 2 aliphatic rings. The molecule has 0 aromatic heterocycles. The van der Waals surface area contributed by atoms with Crippen LogP contribution in [0.5, 0.6) is 0 Å². The van der Waals surface area contributed by atoms with Gasteiger partial charge < -0.3 is 0 Å². The van der Waals surface area contributed by atoms with Crippen LogP contribution in [-0.2, 0) is 51.4 Å². The average molecular weight is 499 g/mol. The van der Waals surface area contributed by atoms with E-state index in [1.807, 2.05) is 0 Å². The van der Waals surface area contributed by atoms with E-state index in [9.17, 15) is 0 Å². The normalized spacial score (nSPS) is 13.4. The summed E-state index contributed by atoms with van der Waals surface area (Å²) in [5, 5.41) is 0. The van der Waals surface area contributed by atoms with Crippen LogP contribution in [0.25, 0.3) is 11.1 Å². The van der Waals surface area contributed by atoms with E-state index in [2.05, 4.69) is 86.6 Å². The van der Waals surface area contributed by atoms with Crippen LogP contribution in [0.1, 0.15) is 81.3 Å². The van der Waals surface area contributed by atoms with E-state index < -0.39 is 0 Å². The Morgan fingerprint density at radius 1 is 0.395 bits per heavy atom. The van der Waals surface area contributed by atoms with Gasteiger partial charge in [-0.2, -0.15) is 0 Å². The van der Waals surface area contributed by atoms with Crippen LogP contribution in [0.2, 0.25) is 0 Å². The molecule has 0 aliphatic heterocycles. The molecule has 0 heteroatoms. The quantitative estimate of drug-likeness (QED) is 0.181. The van der Waals surface area contributed by atoms with E-state index in [0.29, 0.717) is 0 Å². The molecule has 0 bridgehead atoms. The molecule has 2 aliphatic carbocycles. The molecule has 194 valence electrons. The van der Waals surface area contributed by atoms with Crippen molar-refractivity contribution in [3.63, 3.8) is 0 Å². The Hall–Kier alpha value is -3.12. The lowest BCUT2D eigenvalue weighted by Gasteiger charge is -2.19. The zero-order chi connectivity index (χ0) is 25.9. The van der Waals surface area contributed by atoms with Crippen molar-refractivity contribution in [1.29, 1.82) is 0 Å². The van der Waals surface area contributed by atoms with Gasteiger partial charge in [0.05, 0.1) is 0 Å². The Morgan fingerprint density at radius 2 is 0.816 bits per heavy atom. The fourth-order valence-corrected chi connectivity index (χ4v) is 6.48. The summed E-state index contributed by atoms with van der Waals surface area (Å²) >= 11 is 0. The fraction of sp³-hybridized carbons (Fsp3) is 0.368. The monoisotopic (exact) mass is 498 g/mol. The molecule has 0 saturated carbocycles. The summed E-state index contributed by atoms with van der Waals surface area (Å²) in [6.45, 7) is 4.44. The van der Waals surface area contributed by atoms with Crippen molar-refractivity contribution in [1.82, 2.24) is 0 Å². The molecule has 0 N–H and O–H groups in total. The Balaban J connectivity index is 1.10. The van der Waals surface area contributed by atoms with Crippen molar-refractivity contribution in [3.05, 3.63) is 128 Å². The number of unbranched alkanes of at least 4 members (excludes halogenated alkanes) is 2. The van der Waals surface area contributed by atoms with Gasteiger partial charge in [0, 0.05) is 0 Å². The maximum absolute atomic E-state index is 2.50. The summed E-state index contributed by atoms with van der Waals surface area (Å²) in [4.78, 5) is 0. The van der Waals surface area contributed by atoms with Crippen LogP contribution in [0.15, 0.2) is 72.8 Å². The van der Waals surface area contributed by atoms with Gasteiger partial charge in [-0.15, -0.1) is 0 Å². The standard InChI is InChI=1S/C38H42/c1-27-19-28(2)21-37(20-27)38-25-31(9-5-3-7-29-11-13-33-15-17-35(33)23-29)22-32(26-38)10-6-4-8-30-12-14-34-16-18-36(34)24-30/h11-14,19-26H,3-10,15-18H2,1-2H3. The molecule has 0 radical (unpaired) electrons. The molecule has 0 heterocycles. The minimum Gasteiger partial charge on any atom is -0.0588 e. The molecule has 0 spiro atoms. The number of fused-ring (bicyclic) bond motifs is 2. The molecule has 38 heavy (non-hydrogen) atoms. The first kappa shape index (κ1) is 25.2. The third-order valence-corrected chi connectivity index (χ3v) is 8.84. The minimum absolute atomic E-state index is 1.17. The van der Waals surface area contributed by atoms with Crippen molar-refractivity contribution in [2.45, 2.75) is 90.9 Å². The lowest BCUT2D eigenvalue weighted by molar-refractivity contribution is 0.721. The van der Waals surface area contributed by atoms with Crippen molar-refractivity contribution in [3.8, 4) is 11.1 Å². The van der Waals surface area contributed by atoms with Gasteiger partial charge in [0.2, 0.25) is 0 Å². The smallest absolute Gasteiger partial charge is 0.0178 e. The van der Waals surface area contributed by atoms with Gasteiger partial charge >= 0.3 is 0 Å². The summed E-state index contributed by atoms with van der Waals surface area (Å²) in [5.41, 5.74) is 17.9. The largest absolute Gasteiger partial charge is 0.0588 e. The van der Waals surface area contributed by atoms with Gasteiger partial charge in [-0.1, -0.05) is 83.9 Å². The zero-order valence-electron chi connectivity index (χ0n) is 23.4. The van der Waals surface area contributed by atoms with Gasteiger partial charge in [-0.05, 0) is 147 Å². The second kappa shape index (κ2) is 11.3. The Morgan fingerprint density at radius 3 is 1.24 bits per heavy atom. The highest BCUT2D eigenvalue weighted by Crippen LogP contribution is 2.28. The van der Waals surface area contributed by atoms with Gasteiger partial charge in [-0.3, -0.25) is 0 Å². The molecule has 4 aromatic carbocycles. The van der Waals surface area contributed by atoms with Gasteiger partial charge in [0.15, 0.2) is 0 Å². The summed E-state index contributed by atoms with van der Waals surface area (Å²) in [6.07, 6.45) is 14.9. The summed E-state index contributed by atoms with van der Waals surface area (Å²) in [6, 6.07) is 28.8. The predicted molar refractivity (Wildman–Crippen MR) is 162 cm³/mol. The van der Waals surface area contributed by atoms with E-state index >= 15 is 0 Å². The molecule has 0 fully saturated rings. The molecular formula is C38H42. The maximum atomic E-state index is 2.50. The van der Waals surface area contributed by atoms with E-state index in [4.69, 9.17) is 0 Å². The lowest BCUT2D eigenvalue weighted by atomic mass is 9.86. The summed E-state index contributed by atoms with van der Waals surface area (Å²) in [7, 11) is 0. The van der Waals surface area contributed by atoms with Crippen LogP contribution in [0, 0.1) is 13.8 Å². The third kappa shape index (κ3) is 5.96. The van der Waals surface area contributed by atoms with Crippen LogP contribution in [0.4, 0.5) is 0 Å². The Kier molecular flexibility index (Phi) is 7.50. The second-order valence-corrected chi connectivity index (χ2v) is 12.0. The predicted octanol–water partition coefficient (Wildman–Crippen LogP) is 9.30. The third-order valence-electron chi connectivity index (χ3n) is 8.84. The number of aryl methyl sites for hydroxylation is 10. The first-order valence-electron chi connectivity index (χ1n) is 15.0. The number of hydrogen-bond donors (Lipinski definition) is 0. The Bertz CT molecular complexity index is 1330. The molecule has 6 rings (SSSR count). The highest BCUT2D eigenvalue weighted by molar-refractivity contribution is 5.67. The van der Waals surface area contributed by atoms with Crippen LogP contribution >= 0.6 is 0 Å². The van der Waals surface area contributed by atoms with Gasteiger partial charge in [0.25, 0.3) is 0 Å². The SMILES string of the molecule is Cc1cc(C)cc(-c2cc(CCCCc3ccc4c(c3)CC4)cc(CCCCc3ccc4c(c3)CC4)c2)c1. The summed E-state index contributed by atoms with van der Waals surface area (Å²) < 4.78 is 0. The molecule has 0 saturated heterocycles. The highest BCUT2D eigenvalue weighted by Gasteiger charge is 2.13. The van der Waals surface area contributed by atoms with Crippen LogP contribution in [-0.4, -0.2) is 0 Å². The first-order valence-corrected chi connectivity index (χ1v) is 15.0. The maximum Gasteiger partial charge on any atom is -0.0178 e. The van der Waals surface area contributed by atoms with Crippen LogP contribution < -0.4 is 0 Å². The van der Waals surface area contributed by atoms with Crippen molar-refractivity contribution in [2.75, 3.05) is 0 Å². The fourth-order valence-electron chi connectivity index (χ4n) is 6.48. The van der Waals surface area contributed by atoms with Gasteiger partial charge in [0.1, 0.15) is 0 Å². The molecule has 4 aromatic rings. The summed E-state index contributed by atoms with van der Waals surface area (Å²) in [5.74, 6) is 0. The Labute approximate surface area is 230 Å². The number of hydrogen-bond acceptors (Lipinski definition) is 0. The van der Waals surface area contributed by atoms with Crippen molar-refractivity contribution < 1.29 is 0 Å². The topological polar surface area (TPSA) is 0 Å². The second-order valence-electron chi connectivity index (χ2n) is 12.0. The average Bonchev–Trinajstić information content (AvgIpc) is 2.87. The molecule has 0 amide bonds. The van der Waals surface area contributed by atoms with Crippen molar-refractivity contribution in [2.24, 2.45) is 0 Å². The van der Waals surface area contributed by atoms with Gasteiger partial charge in [-0.25, -0.2) is 0 Å².